The minimum atomic E-state index is 0.314. The number of thiol groups is 1. The van der Waals surface area contributed by atoms with Crippen molar-refractivity contribution >= 4 is 12.6 Å². The van der Waals surface area contributed by atoms with Gasteiger partial charge >= 0.3 is 0 Å². The Morgan fingerprint density at radius 2 is 2.23 bits per heavy atom. The summed E-state index contributed by atoms with van der Waals surface area (Å²) in [6, 6.07) is 0.563. The van der Waals surface area contributed by atoms with Crippen LogP contribution in [0.1, 0.15) is 20.8 Å². The molecule has 3 heteroatoms. The Labute approximate surface area is 87.0 Å². The third kappa shape index (κ3) is 3.49. The fourth-order valence-electron chi connectivity index (χ4n) is 1.60. The highest BCUT2D eigenvalue weighted by molar-refractivity contribution is 7.80. The maximum absolute atomic E-state index is 5.40. The Morgan fingerprint density at radius 3 is 2.77 bits per heavy atom. The summed E-state index contributed by atoms with van der Waals surface area (Å²) in [5.74, 6) is 0.942. The molecule has 1 atom stereocenters. The zero-order valence-electron chi connectivity index (χ0n) is 8.92. The molecule has 0 radical (unpaired) electrons. The van der Waals surface area contributed by atoms with Crippen LogP contribution in [-0.2, 0) is 4.74 Å². The average Bonchev–Trinajstić information content (AvgIpc) is 2.09. The predicted molar refractivity (Wildman–Crippen MR) is 59.5 cm³/mol. The minimum absolute atomic E-state index is 0.314. The van der Waals surface area contributed by atoms with Crippen molar-refractivity contribution in [3.8, 4) is 0 Å². The molecule has 1 unspecified atom stereocenters. The van der Waals surface area contributed by atoms with Crippen LogP contribution in [0.25, 0.3) is 0 Å². The highest BCUT2D eigenvalue weighted by Gasteiger charge is 2.25. The van der Waals surface area contributed by atoms with Crippen LogP contribution >= 0.6 is 12.6 Å². The van der Waals surface area contributed by atoms with Crippen molar-refractivity contribution < 1.29 is 4.74 Å². The Bertz CT molecular complexity index is 161. The molecule has 0 bridgehead atoms. The van der Waals surface area contributed by atoms with Gasteiger partial charge in [-0.05, 0) is 18.1 Å². The maximum Gasteiger partial charge on any atom is 0.0619 e. The van der Waals surface area contributed by atoms with Gasteiger partial charge in [-0.3, -0.25) is 4.90 Å². The molecule has 0 saturated carbocycles. The third-order valence-corrected chi connectivity index (χ3v) is 3.42. The fraction of sp³-hybridized carbons (Fsp3) is 1.00. The van der Waals surface area contributed by atoms with Crippen LogP contribution in [-0.4, -0.2) is 43.0 Å². The number of hydrogen-bond donors (Lipinski definition) is 1. The summed E-state index contributed by atoms with van der Waals surface area (Å²) in [4.78, 5) is 2.50. The van der Waals surface area contributed by atoms with Crippen LogP contribution in [0.3, 0.4) is 0 Å². The molecule has 0 aromatic heterocycles. The molecular weight excluding hydrogens is 182 g/mol. The summed E-state index contributed by atoms with van der Waals surface area (Å²) in [6.07, 6.45) is 0. The number of ether oxygens (including phenoxy) is 1. The highest BCUT2D eigenvalue weighted by Crippen LogP contribution is 2.20. The standard InChI is InChI=1S/C10H21NOS/c1-9-6-12-5-4-11(9)7-10(2,3)8-13/h9,13H,4-8H2,1-3H3. The van der Waals surface area contributed by atoms with Gasteiger partial charge < -0.3 is 4.74 Å². The second kappa shape index (κ2) is 4.67. The first-order chi connectivity index (χ1) is 6.05. The van der Waals surface area contributed by atoms with E-state index in [0.717, 1.165) is 32.1 Å². The zero-order chi connectivity index (χ0) is 9.90. The van der Waals surface area contributed by atoms with Crippen molar-refractivity contribution in [3.63, 3.8) is 0 Å². The third-order valence-electron chi connectivity index (χ3n) is 2.56. The molecule has 1 saturated heterocycles. The molecule has 2 nitrogen and oxygen atoms in total. The van der Waals surface area contributed by atoms with Gasteiger partial charge in [0.05, 0.1) is 13.2 Å². The molecule has 0 aromatic carbocycles. The van der Waals surface area contributed by atoms with E-state index in [1.165, 1.54) is 0 Å². The van der Waals surface area contributed by atoms with Gasteiger partial charge in [0.2, 0.25) is 0 Å². The van der Waals surface area contributed by atoms with Crippen LogP contribution in [0.15, 0.2) is 0 Å². The van der Waals surface area contributed by atoms with Crippen molar-refractivity contribution in [2.45, 2.75) is 26.8 Å². The summed E-state index contributed by atoms with van der Waals surface area (Å²) >= 11 is 4.37. The number of rotatable bonds is 3. The van der Waals surface area contributed by atoms with Crippen molar-refractivity contribution in [2.75, 3.05) is 32.1 Å². The second-order valence-electron chi connectivity index (χ2n) is 4.72. The molecule has 0 aliphatic carbocycles. The van der Waals surface area contributed by atoms with Crippen molar-refractivity contribution in [2.24, 2.45) is 5.41 Å². The second-order valence-corrected chi connectivity index (χ2v) is 5.03. The summed E-state index contributed by atoms with van der Waals surface area (Å²) in [5, 5.41) is 0. The van der Waals surface area contributed by atoms with Gasteiger partial charge in [-0.15, -0.1) is 0 Å². The normalized spacial score (nSPS) is 26.3. The number of hydrogen-bond acceptors (Lipinski definition) is 3. The molecule has 1 rings (SSSR count). The monoisotopic (exact) mass is 203 g/mol. The molecular formula is C10H21NOS. The molecule has 78 valence electrons. The number of nitrogens with zero attached hydrogens (tertiary/aromatic N) is 1. The van der Waals surface area contributed by atoms with E-state index in [4.69, 9.17) is 4.74 Å². The lowest BCUT2D eigenvalue weighted by Gasteiger charge is -2.38. The van der Waals surface area contributed by atoms with Crippen LogP contribution in [0.5, 0.6) is 0 Å². The van der Waals surface area contributed by atoms with E-state index in [1.807, 2.05) is 0 Å². The SMILES string of the molecule is CC1COCCN1CC(C)(C)CS. The maximum atomic E-state index is 5.40. The van der Waals surface area contributed by atoms with E-state index in [2.05, 4.69) is 38.3 Å². The lowest BCUT2D eigenvalue weighted by molar-refractivity contribution is -0.0132. The minimum Gasteiger partial charge on any atom is -0.379 e. The topological polar surface area (TPSA) is 12.5 Å². The molecule has 1 heterocycles. The van der Waals surface area contributed by atoms with Crippen LogP contribution in [0.4, 0.5) is 0 Å². The lowest BCUT2D eigenvalue weighted by Crippen LogP contribution is -2.48. The van der Waals surface area contributed by atoms with E-state index in [0.29, 0.717) is 11.5 Å². The Morgan fingerprint density at radius 1 is 1.54 bits per heavy atom. The molecule has 1 aliphatic heterocycles. The molecule has 0 amide bonds. The van der Waals surface area contributed by atoms with Crippen LogP contribution in [0, 0.1) is 5.41 Å². The quantitative estimate of drug-likeness (QED) is 0.700. The first kappa shape index (κ1) is 11.3. The summed E-state index contributed by atoms with van der Waals surface area (Å²) < 4.78 is 5.40. The van der Waals surface area contributed by atoms with E-state index in [-0.39, 0.29) is 0 Å². The van der Waals surface area contributed by atoms with Crippen molar-refractivity contribution in [1.82, 2.24) is 4.90 Å². The molecule has 0 N–H and O–H groups in total. The molecule has 0 aromatic rings. The molecule has 0 spiro atoms. The van der Waals surface area contributed by atoms with E-state index >= 15 is 0 Å². The van der Waals surface area contributed by atoms with Gasteiger partial charge in [0.15, 0.2) is 0 Å². The first-order valence-corrected chi connectivity index (χ1v) is 5.61. The van der Waals surface area contributed by atoms with Gasteiger partial charge in [-0.1, -0.05) is 13.8 Å². The Hall–Kier alpha value is 0.270. The van der Waals surface area contributed by atoms with E-state index in [1.54, 1.807) is 0 Å². The van der Waals surface area contributed by atoms with Gasteiger partial charge in [-0.25, -0.2) is 0 Å². The van der Waals surface area contributed by atoms with Crippen LogP contribution in [0.2, 0.25) is 0 Å². The van der Waals surface area contributed by atoms with Gasteiger partial charge in [0, 0.05) is 19.1 Å². The van der Waals surface area contributed by atoms with Crippen molar-refractivity contribution in [3.05, 3.63) is 0 Å². The molecule has 1 aliphatic rings. The lowest BCUT2D eigenvalue weighted by atomic mass is 9.95. The van der Waals surface area contributed by atoms with E-state index in [9.17, 15) is 0 Å². The molecule has 1 fully saturated rings. The predicted octanol–water partition coefficient (Wildman–Crippen LogP) is 1.66. The van der Waals surface area contributed by atoms with E-state index < -0.39 is 0 Å². The Kier molecular flexibility index (Phi) is 4.07. The smallest absolute Gasteiger partial charge is 0.0619 e. The Balaban J connectivity index is 2.42. The largest absolute Gasteiger partial charge is 0.379 e. The number of morpholine rings is 1. The summed E-state index contributed by atoms with van der Waals surface area (Å²) in [5.41, 5.74) is 0.314. The van der Waals surface area contributed by atoms with Crippen molar-refractivity contribution in [1.29, 1.82) is 0 Å². The van der Waals surface area contributed by atoms with Gasteiger partial charge in [0.25, 0.3) is 0 Å². The summed E-state index contributed by atoms with van der Waals surface area (Å²) in [6.45, 7) is 10.7. The van der Waals surface area contributed by atoms with Crippen LogP contribution < -0.4 is 0 Å². The molecule has 13 heavy (non-hydrogen) atoms. The van der Waals surface area contributed by atoms with Gasteiger partial charge in [-0.2, -0.15) is 12.6 Å². The zero-order valence-corrected chi connectivity index (χ0v) is 9.81. The summed E-state index contributed by atoms with van der Waals surface area (Å²) in [7, 11) is 0. The highest BCUT2D eigenvalue weighted by atomic mass is 32.1. The van der Waals surface area contributed by atoms with Gasteiger partial charge in [0.1, 0.15) is 0 Å². The fourth-order valence-corrected chi connectivity index (χ4v) is 1.70. The first-order valence-electron chi connectivity index (χ1n) is 4.98. The average molecular weight is 203 g/mol.